The molecule has 2 heterocycles. The number of nitrogens with zero attached hydrogens (tertiary/aromatic N) is 2. The number of urea groups is 1. The Morgan fingerprint density at radius 1 is 1.00 bits per heavy atom. The lowest BCUT2D eigenvalue weighted by atomic mass is 10.3. The summed E-state index contributed by atoms with van der Waals surface area (Å²) < 4.78 is 0. The van der Waals surface area contributed by atoms with E-state index in [1.807, 2.05) is 36.4 Å². The van der Waals surface area contributed by atoms with Crippen molar-refractivity contribution in [3.8, 4) is 0 Å². The van der Waals surface area contributed by atoms with Crippen LogP contribution in [-0.2, 0) is 6.54 Å². The van der Waals surface area contributed by atoms with Crippen LogP contribution in [0.5, 0.6) is 0 Å². The maximum Gasteiger partial charge on any atom is 0.325 e. The van der Waals surface area contributed by atoms with Gasteiger partial charge < -0.3 is 10.6 Å². The Kier molecular flexibility index (Phi) is 5.32. The predicted octanol–water partition coefficient (Wildman–Crippen LogP) is 3.11. The van der Waals surface area contributed by atoms with Crippen molar-refractivity contribution in [1.82, 2.24) is 15.3 Å². The van der Waals surface area contributed by atoms with Crippen LogP contribution in [0.25, 0.3) is 0 Å². The molecule has 0 saturated heterocycles. The van der Waals surface area contributed by atoms with Gasteiger partial charge in [0.05, 0.1) is 12.2 Å². The highest BCUT2D eigenvalue weighted by molar-refractivity contribution is 7.14. The first-order valence-corrected chi connectivity index (χ1v) is 8.35. The largest absolute Gasteiger partial charge is 0.345 e. The van der Waals surface area contributed by atoms with Gasteiger partial charge in [0.1, 0.15) is 5.69 Å². The van der Waals surface area contributed by atoms with Gasteiger partial charge in [-0.3, -0.25) is 15.1 Å². The fraction of sp³-hybridized carbons (Fsp3) is 0.0588. The number of para-hydroxylation sites is 1. The van der Waals surface area contributed by atoms with Crippen LogP contribution in [0.4, 0.5) is 15.6 Å². The van der Waals surface area contributed by atoms with Crippen molar-refractivity contribution in [2.75, 3.05) is 10.6 Å². The zero-order valence-corrected chi connectivity index (χ0v) is 13.9. The first-order chi connectivity index (χ1) is 12.2. The van der Waals surface area contributed by atoms with Gasteiger partial charge in [0.2, 0.25) is 0 Å². The zero-order chi connectivity index (χ0) is 17.5. The topological polar surface area (TPSA) is 96.0 Å². The van der Waals surface area contributed by atoms with Crippen molar-refractivity contribution in [2.24, 2.45) is 0 Å². The molecule has 0 atom stereocenters. The van der Waals surface area contributed by atoms with Crippen LogP contribution in [0.1, 0.15) is 16.2 Å². The average molecular weight is 353 g/mol. The molecule has 3 aromatic rings. The molecule has 3 N–H and O–H groups in total. The number of benzene rings is 1. The third kappa shape index (κ3) is 4.85. The number of carbonyl (C=O) groups is 2. The number of carbonyl (C=O) groups excluding carboxylic acids is 2. The zero-order valence-electron chi connectivity index (χ0n) is 13.1. The van der Waals surface area contributed by atoms with Gasteiger partial charge in [0.15, 0.2) is 5.13 Å². The Bertz CT molecular complexity index is 852. The van der Waals surface area contributed by atoms with E-state index in [4.69, 9.17) is 0 Å². The monoisotopic (exact) mass is 353 g/mol. The summed E-state index contributed by atoms with van der Waals surface area (Å²) >= 11 is 1.18. The average Bonchev–Trinajstić information content (AvgIpc) is 3.10. The molecule has 0 saturated carbocycles. The molecule has 2 aromatic heterocycles. The fourth-order valence-corrected chi connectivity index (χ4v) is 2.67. The second-order valence-corrected chi connectivity index (χ2v) is 5.84. The van der Waals surface area contributed by atoms with Crippen molar-refractivity contribution in [3.05, 3.63) is 71.5 Å². The van der Waals surface area contributed by atoms with E-state index in [1.165, 1.54) is 11.3 Å². The van der Waals surface area contributed by atoms with E-state index in [-0.39, 0.29) is 11.6 Å². The highest BCUT2D eigenvalue weighted by Gasteiger charge is 2.12. The molecule has 0 aliphatic heterocycles. The fourth-order valence-electron chi connectivity index (χ4n) is 1.98. The normalized spacial score (nSPS) is 10.1. The molecule has 7 nitrogen and oxygen atoms in total. The van der Waals surface area contributed by atoms with Crippen LogP contribution in [-0.4, -0.2) is 21.9 Å². The molecule has 126 valence electrons. The van der Waals surface area contributed by atoms with Crippen LogP contribution >= 0.6 is 11.3 Å². The summed E-state index contributed by atoms with van der Waals surface area (Å²) in [4.78, 5) is 32.2. The Morgan fingerprint density at radius 2 is 1.80 bits per heavy atom. The molecule has 0 spiro atoms. The number of anilines is 2. The summed E-state index contributed by atoms with van der Waals surface area (Å²) in [6.45, 7) is 0.314. The molecule has 0 aliphatic rings. The lowest BCUT2D eigenvalue weighted by molar-refractivity contribution is 0.0946. The molecule has 0 aliphatic carbocycles. The van der Waals surface area contributed by atoms with E-state index in [0.29, 0.717) is 17.4 Å². The van der Waals surface area contributed by atoms with Gasteiger partial charge in [-0.15, -0.1) is 11.3 Å². The second-order valence-electron chi connectivity index (χ2n) is 4.99. The maximum absolute atomic E-state index is 12.1. The molecule has 8 heteroatoms. The first-order valence-electron chi connectivity index (χ1n) is 7.47. The van der Waals surface area contributed by atoms with Gasteiger partial charge in [-0.2, -0.15) is 0 Å². The van der Waals surface area contributed by atoms with Crippen molar-refractivity contribution >= 4 is 34.1 Å². The summed E-state index contributed by atoms with van der Waals surface area (Å²) in [6, 6.07) is 14.1. The minimum absolute atomic E-state index is 0.246. The summed E-state index contributed by atoms with van der Waals surface area (Å²) in [5.41, 5.74) is 1.67. The van der Waals surface area contributed by atoms with Gasteiger partial charge in [-0.05, 0) is 24.3 Å². The molecular formula is C17H15N5O2S. The number of pyridine rings is 1. The van der Waals surface area contributed by atoms with Crippen LogP contribution in [0.15, 0.2) is 60.1 Å². The summed E-state index contributed by atoms with van der Waals surface area (Å²) in [7, 11) is 0. The van der Waals surface area contributed by atoms with Gasteiger partial charge in [0, 0.05) is 17.3 Å². The quantitative estimate of drug-likeness (QED) is 0.657. The number of hydrogen-bond acceptors (Lipinski definition) is 5. The Balaban J connectivity index is 1.53. The molecule has 0 fully saturated rings. The van der Waals surface area contributed by atoms with Crippen molar-refractivity contribution in [3.63, 3.8) is 0 Å². The molecule has 0 bridgehead atoms. The van der Waals surface area contributed by atoms with Crippen LogP contribution in [0, 0.1) is 0 Å². The SMILES string of the molecule is O=C(Nc1ccccc1)Nc1nc(C(=O)NCc2ccccn2)cs1. The van der Waals surface area contributed by atoms with E-state index in [0.717, 1.165) is 5.69 Å². The number of nitrogens with one attached hydrogen (secondary N) is 3. The van der Waals surface area contributed by atoms with E-state index in [1.54, 1.807) is 23.7 Å². The minimum Gasteiger partial charge on any atom is -0.345 e. The van der Waals surface area contributed by atoms with E-state index >= 15 is 0 Å². The third-order valence-electron chi connectivity index (χ3n) is 3.15. The van der Waals surface area contributed by atoms with Crippen LogP contribution in [0.3, 0.4) is 0 Å². The standard InChI is InChI=1S/C17H15N5O2S/c23-15(19-10-13-8-4-5-9-18-13)14-11-25-17(21-14)22-16(24)20-12-6-2-1-3-7-12/h1-9,11H,10H2,(H,19,23)(H2,20,21,22,24). The summed E-state index contributed by atoms with van der Waals surface area (Å²) in [6.07, 6.45) is 1.66. The van der Waals surface area contributed by atoms with Crippen LogP contribution < -0.4 is 16.0 Å². The third-order valence-corrected chi connectivity index (χ3v) is 3.90. The molecule has 0 radical (unpaired) electrons. The maximum atomic E-state index is 12.1. The molecule has 0 unspecified atom stereocenters. The highest BCUT2D eigenvalue weighted by Crippen LogP contribution is 2.16. The van der Waals surface area contributed by atoms with Gasteiger partial charge >= 0.3 is 6.03 Å². The number of amides is 3. The van der Waals surface area contributed by atoms with Gasteiger partial charge in [-0.1, -0.05) is 24.3 Å². The minimum atomic E-state index is -0.416. The number of thiazole rings is 1. The van der Waals surface area contributed by atoms with Crippen molar-refractivity contribution in [2.45, 2.75) is 6.54 Å². The summed E-state index contributed by atoms with van der Waals surface area (Å²) in [5.74, 6) is -0.321. The number of aromatic nitrogens is 2. The molecule has 1 aromatic carbocycles. The predicted molar refractivity (Wildman–Crippen MR) is 96.6 cm³/mol. The second kappa shape index (κ2) is 8.02. The summed E-state index contributed by atoms with van der Waals surface area (Å²) in [5, 5.41) is 9.96. The first kappa shape index (κ1) is 16.6. The van der Waals surface area contributed by atoms with Crippen LogP contribution in [0.2, 0.25) is 0 Å². The van der Waals surface area contributed by atoms with E-state index < -0.39 is 6.03 Å². The van der Waals surface area contributed by atoms with Gasteiger partial charge in [-0.25, -0.2) is 9.78 Å². The molecule has 3 amide bonds. The smallest absolute Gasteiger partial charge is 0.325 e. The number of rotatable bonds is 5. The highest BCUT2D eigenvalue weighted by atomic mass is 32.1. The van der Waals surface area contributed by atoms with Crippen molar-refractivity contribution < 1.29 is 9.59 Å². The molecular weight excluding hydrogens is 338 g/mol. The molecule has 3 rings (SSSR count). The van der Waals surface area contributed by atoms with Gasteiger partial charge in [0.25, 0.3) is 5.91 Å². The molecule has 25 heavy (non-hydrogen) atoms. The lowest BCUT2D eigenvalue weighted by Crippen LogP contribution is -2.24. The van der Waals surface area contributed by atoms with E-state index in [9.17, 15) is 9.59 Å². The Morgan fingerprint density at radius 3 is 2.56 bits per heavy atom. The Hall–Kier alpha value is -3.26. The van der Waals surface area contributed by atoms with Crippen molar-refractivity contribution in [1.29, 1.82) is 0 Å². The Labute approximate surface area is 148 Å². The number of hydrogen-bond donors (Lipinski definition) is 3. The van der Waals surface area contributed by atoms with E-state index in [2.05, 4.69) is 25.9 Å². The lowest BCUT2D eigenvalue weighted by Gasteiger charge is -2.04.